The zero-order chi connectivity index (χ0) is 13.7. The van der Waals surface area contributed by atoms with E-state index in [0.29, 0.717) is 37.4 Å². The summed E-state index contributed by atoms with van der Waals surface area (Å²) in [6, 6.07) is 4.92. The highest BCUT2D eigenvalue weighted by molar-refractivity contribution is 6.00. The number of hydrogen-bond acceptors (Lipinski definition) is 5. The van der Waals surface area contributed by atoms with E-state index in [2.05, 4.69) is 10.3 Å². The lowest BCUT2D eigenvalue weighted by Crippen LogP contribution is -2.11. The van der Waals surface area contributed by atoms with Crippen molar-refractivity contribution in [3.63, 3.8) is 0 Å². The Morgan fingerprint density at radius 1 is 1.37 bits per heavy atom. The third kappa shape index (κ3) is 3.07. The van der Waals surface area contributed by atoms with E-state index in [9.17, 15) is 4.79 Å². The molecule has 2 aromatic rings. The minimum Gasteiger partial charge on any atom is -0.478 e. The average molecular weight is 265 g/mol. The molecule has 0 atom stereocenters. The summed E-state index contributed by atoms with van der Waals surface area (Å²) in [7, 11) is 1.60. The molecule has 0 unspecified atom stereocenters. The molecule has 0 aliphatic rings. The quantitative estimate of drug-likeness (QED) is 0.745. The monoisotopic (exact) mass is 265 g/mol. The van der Waals surface area contributed by atoms with Crippen LogP contribution in [0, 0.1) is 0 Å². The van der Waals surface area contributed by atoms with E-state index in [1.54, 1.807) is 23.9 Å². The first-order chi connectivity index (χ1) is 9.24. The number of ether oxygens (including phenoxy) is 2. The van der Waals surface area contributed by atoms with E-state index in [1.807, 2.05) is 0 Å². The molecule has 0 aliphatic heterocycles. The van der Waals surface area contributed by atoms with Crippen LogP contribution in [0.15, 0.2) is 18.2 Å². The van der Waals surface area contributed by atoms with Gasteiger partial charge in [0.25, 0.3) is 0 Å². The van der Waals surface area contributed by atoms with Crippen LogP contribution in [0.25, 0.3) is 11.0 Å². The predicted octanol–water partition coefficient (Wildman–Crippen LogP) is 0.792. The van der Waals surface area contributed by atoms with Crippen molar-refractivity contribution < 1.29 is 19.4 Å². The normalized spacial score (nSPS) is 11.0. The highest BCUT2D eigenvalue weighted by atomic mass is 16.5. The van der Waals surface area contributed by atoms with E-state index in [1.165, 1.54) is 6.07 Å². The zero-order valence-electron chi connectivity index (χ0n) is 10.6. The van der Waals surface area contributed by atoms with Gasteiger partial charge >= 0.3 is 5.97 Å². The predicted molar refractivity (Wildman–Crippen MR) is 67.2 cm³/mol. The summed E-state index contributed by atoms with van der Waals surface area (Å²) in [4.78, 5) is 11.2. The lowest BCUT2D eigenvalue weighted by atomic mass is 10.2. The van der Waals surface area contributed by atoms with E-state index in [0.717, 1.165) is 0 Å². The van der Waals surface area contributed by atoms with Crippen molar-refractivity contribution in [2.45, 2.75) is 6.54 Å². The van der Waals surface area contributed by atoms with Crippen LogP contribution in [-0.2, 0) is 16.0 Å². The maximum Gasteiger partial charge on any atom is 0.337 e. The molecule has 0 fully saturated rings. The Bertz CT molecular complexity index is 567. The summed E-state index contributed by atoms with van der Waals surface area (Å²) < 4.78 is 11.7. The van der Waals surface area contributed by atoms with E-state index in [-0.39, 0.29) is 5.56 Å². The molecule has 1 heterocycles. The summed E-state index contributed by atoms with van der Waals surface area (Å²) in [5, 5.41) is 17.0. The van der Waals surface area contributed by atoms with Gasteiger partial charge in [-0.3, -0.25) is 0 Å². The number of hydrogen-bond donors (Lipinski definition) is 1. The Morgan fingerprint density at radius 2 is 2.21 bits per heavy atom. The van der Waals surface area contributed by atoms with Gasteiger partial charge in [0.05, 0.1) is 31.9 Å². The maximum absolute atomic E-state index is 11.2. The first-order valence-corrected chi connectivity index (χ1v) is 5.86. The second kappa shape index (κ2) is 6.26. The number of fused-ring (bicyclic) bond motifs is 1. The number of carboxylic acids is 1. The van der Waals surface area contributed by atoms with Gasteiger partial charge in [-0.05, 0) is 12.1 Å². The second-order valence-electron chi connectivity index (χ2n) is 3.90. The molecular formula is C12H15N3O4. The fourth-order valence-electron chi connectivity index (χ4n) is 1.75. The molecule has 0 bridgehead atoms. The molecule has 0 saturated carbocycles. The Morgan fingerprint density at radius 3 is 2.95 bits per heavy atom. The number of benzene rings is 1. The summed E-state index contributed by atoms with van der Waals surface area (Å²) >= 11 is 0. The molecule has 102 valence electrons. The molecule has 2 rings (SSSR count). The molecule has 1 aromatic carbocycles. The van der Waals surface area contributed by atoms with Gasteiger partial charge in [0.2, 0.25) is 0 Å². The van der Waals surface area contributed by atoms with Crippen molar-refractivity contribution in [1.29, 1.82) is 0 Å². The summed E-state index contributed by atoms with van der Waals surface area (Å²) in [5.74, 6) is -0.991. The van der Waals surface area contributed by atoms with Gasteiger partial charge in [0.1, 0.15) is 11.0 Å². The molecule has 0 amide bonds. The topological polar surface area (TPSA) is 86.5 Å². The molecule has 0 saturated heterocycles. The van der Waals surface area contributed by atoms with E-state index in [4.69, 9.17) is 14.6 Å². The fourth-order valence-corrected chi connectivity index (χ4v) is 1.75. The summed E-state index contributed by atoms with van der Waals surface area (Å²) in [5.41, 5.74) is 1.28. The summed E-state index contributed by atoms with van der Waals surface area (Å²) in [6.07, 6.45) is 0. The standard InChI is InChI=1S/C12H15N3O4/c1-18-7-8-19-6-5-15-11-9(12(16)17)3-2-4-10(11)13-14-15/h2-4H,5-8H2,1H3,(H,16,17). The molecule has 0 spiro atoms. The smallest absolute Gasteiger partial charge is 0.337 e. The average Bonchev–Trinajstić information content (AvgIpc) is 2.81. The highest BCUT2D eigenvalue weighted by Crippen LogP contribution is 2.16. The van der Waals surface area contributed by atoms with Crippen LogP contribution in [0.1, 0.15) is 10.4 Å². The van der Waals surface area contributed by atoms with Crippen molar-refractivity contribution in [1.82, 2.24) is 15.0 Å². The van der Waals surface area contributed by atoms with Crippen LogP contribution in [-0.4, -0.2) is 53.0 Å². The SMILES string of the molecule is COCCOCCn1nnc2cccc(C(=O)O)c21. The highest BCUT2D eigenvalue weighted by Gasteiger charge is 2.14. The van der Waals surface area contributed by atoms with Crippen molar-refractivity contribution >= 4 is 17.0 Å². The molecule has 1 aromatic heterocycles. The van der Waals surface area contributed by atoms with Gasteiger partial charge in [0.15, 0.2) is 0 Å². The number of carbonyl (C=O) groups is 1. The number of carboxylic acid groups (broad SMARTS) is 1. The second-order valence-corrected chi connectivity index (χ2v) is 3.90. The molecule has 0 radical (unpaired) electrons. The third-order valence-corrected chi connectivity index (χ3v) is 2.64. The number of nitrogens with zero attached hydrogens (tertiary/aromatic N) is 3. The van der Waals surface area contributed by atoms with Crippen molar-refractivity contribution in [3.8, 4) is 0 Å². The minimum absolute atomic E-state index is 0.194. The van der Waals surface area contributed by atoms with Crippen LogP contribution in [0.4, 0.5) is 0 Å². The van der Waals surface area contributed by atoms with Crippen LogP contribution >= 0.6 is 0 Å². The largest absolute Gasteiger partial charge is 0.478 e. The number of methoxy groups -OCH3 is 1. The Balaban J connectivity index is 2.12. The maximum atomic E-state index is 11.2. The van der Waals surface area contributed by atoms with Gasteiger partial charge in [0, 0.05) is 7.11 Å². The molecule has 19 heavy (non-hydrogen) atoms. The molecule has 1 N–H and O–H groups in total. The van der Waals surface area contributed by atoms with Gasteiger partial charge in [-0.25, -0.2) is 9.48 Å². The van der Waals surface area contributed by atoms with Crippen LogP contribution in [0.2, 0.25) is 0 Å². The molecule has 7 heteroatoms. The van der Waals surface area contributed by atoms with Gasteiger partial charge in [-0.1, -0.05) is 11.3 Å². The van der Waals surface area contributed by atoms with Crippen LogP contribution in [0.3, 0.4) is 0 Å². The number of aromatic nitrogens is 3. The fraction of sp³-hybridized carbons (Fsp3) is 0.417. The Labute approximate surface area is 109 Å². The van der Waals surface area contributed by atoms with Crippen LogP contribution < -0.4 is 0 Å². The van der Waals surface area contributed by atoms with Crippen LogP contribution in [0.5, 0.6) is 0 Å². The molecule has 7 nitrogen and oxygen atoms in total. The molecule has 0 aliphatic carbocycles. The zero-order valence-corrected chi connectivity index (χ0v) is 10.6. The first-order valence-electron chi connectivity index (χ1n) is 5.86. The Kier molecular flexibility index (Phi) is 4.43. The van der Waals surface area contributed by atoms with Gasteiger partial charge < -0.3 is 14.6 Å². The number of aromatic carboxylic acids is 1. The van der Waals surface area contributed by atoms with Crippen molar-refractivity contribution in [3.05, 3.63) is 23.8 Å². The first kappa shape index (κ1) is 13.4. The third-order valence-electron chi connectivity index (χ3n) is 2.64. The number of para-hydroxylation sites is 1. The summed E-state index contributed by atoms with van der Waals surface area (Å²) in [6.45, 7) is 1.90. The van der Waals surface area contributed by atoms with E-state index < -0.39 is 5.97 Å². The van der Waals surface area contributed by atoms with Gasteiger partial charge in [-0.15, -0.1) is 5.10 Å². The Hall–Kier alpha value is -1.99. The van der Waals surface area contributed by atoms with Crippen molar-refractivity contribution in [2.75, 3.05) is 26.9 Å². The minimum atomic E-state index is -0.991. The lowest BCUT2D eigenvalue weighted by molar-refractivity contribution is 0.0653. The van der Waals surface area contributed by atoms with Crippen molar-refractivity contribution in [2.24, 2.45) is 0 Å². The van der Waals surface area contributed by atoms with Gasteiger partial charge in [-0.2, -0.15) is 0 Å². The number of rotatable bonds is 7. The molecular weight excluding hydrogens is 250 g/mol. The van der Waals surface area contributed by atoms with E-state index >= 15 is 0 Å². The lowest BCUT2D eigenvalue weighted by Gasteiger charge is -2.05.